The van der Waals surface area contributed by atoms with Crippen molar-refractivity contribution in [2.24, 2.45) is 5.92 Å². The van der Waals surface area contributed by atoms with Crippen LogP contribution in [-0.4, -0.2) is 12.5 Å². The predicted molar refractivity (Wildman–Crippen MR) is 32.5 cm³/mol. The fourth-order valence-electron chi connectivity index (χ4n) is 1.22. The van der Waals surface area contributed by atoms with Crippen LogP contribution in [0.15, 0.2) is 0 Å². The molecule has 0 saturated heterocycles. The topological polar surface area (TPSA) is 17.1 Å². The first kappa shape index (κ1) is 6.72. The first-order valence-electron chi connectivity index (χ1n) is 3.36. The maximum atomic E-state index is 12.6. The van der Waals surface area contributed by atoms with Crippen LogP contribution in [0.1, 0.15) is 25.7 Å². The van der Waals surface area contributed by atoms with E-state index >= 15 is 0 Å². The Morgan fingerprint density at radius 2 is 2.00 bits per heavy atom. The number of halogens is 1. The van der Waals surface area contributed by atoms with E-state index in [0.717, 1.165) is 12.8 Å². The summed E-state index contributed by atoms with van der Waals surface area (Å²) in [6.45, 7) is 0. The van der Waals surface area contributed by atoms with E-state index in [9.17, 15) is 9.18 Å². The van der Waals surface area contributed by atoms with Crippen LogP contribution in [0.4, 0.5) is 4.39 Å². The largest absolute Gasteiger partial charge is 0.290 e. The second-order valence-corrected chi connectivity index (χ2v) is 2.52. The number of alkyl halides is 1. The number of carbonyl (C=O) groups excluding carboxylic acids is 1. The van der Waals surface area contributed by atoms with E-state index in [0.29, 0.717) is 12.8 Å². The smallest absolute Gasteiger partial charge is 0.204 e. The molecule has 2 unspecified atom stereocenters. The average Bonchev–Trinajstić information content (AvgIpc) is 1.89. The lowest BCUT2D eigenvalue weighted by molar-refractivity contribution is 0.207. The van der Waals surface area contributed by atoms with Gasteiger partial charge in [-0.05, 0) is 12.8 Å². The zero-order chi connectivity index (χ0) is 6.69. The summed E-state index contributed by atoms with van der Waals surface area (Å²) < 4.78 is 12.6. The Kier molecular flexibility index (Phi) is 2.20. The van der Waals surface area contributed by atoms with Gasteiger partial charge in [-0.3, -0.25) is 4.79 Å². The fraction of sp³-hybridized carbons (Fsp3) is 0.857. The Balaban J connectivity index is 2.38. The molecule has 1 fully saturated rings. The molecule has 1 aliphatic carbocycles. The SMILES string of the molecule is O=[C]C1CCCCC1F. The molecule has 0 aromatic rings. The lowest BCUT2D eigenvalue weighted by atomic mass is 9.89. The van der Waals surface area contributed by atoms with Crippen molar-refractivity contribution in [1.82, 2.24) is 0 Å². The molecule has 1 nitrogen and oxygen atoms in total. The van der Waals surface area contributed by atoms with E-state index < -0.39 is 12.1 Å². The lowest BCUT2D eigenvalue weighted by Crippen LogP contribution is -2.21. The molecule has 0 spiro atoms. The van der Waals surface area contributed by atoms with Crippen LogP contribution >= 0.6 is 0 Å². The van der Waals surface area contributed by atoms with Crippen LogP contribution < -0.4 is 0 Å². The van der Waals surface area contributed by atoms with Gasteiger partial charge in [0.1, 0.15) is 6.17 Å². The van der Waals surface area contributed by atoms with Gasteiger partial charge in [-0.25, -0.2) is 4.39 Å². The van der Waals surface area contributed by atoms with Crippen molar-refractivity contribution in [3.05, 3.63) is 0 Å². The van der Waals surface area contributed by atoms with E-state index in [2.05, 4.69) is 0 Å². The van der Waals surface area contributed by atoms with Crippen molar-refractivity contribution in [1.29, 1.82) is 0 Å². The fourth-order valence-corrected chi connectivity index (χ4v) is 1.22. The number of rotatable bonds is 1. The normalized spacial score (nSPS) is 36.1. The first-order valence-corrected chi connectivity index (χ1v) is 3.36. The van der Waals surface area contributed by atoms with Crippen LogP contribution in [0.25, 0.3) is 0 Å². The minimum atomic E-state index is -0.906. The van der Waals surface area contributed by atoms with Crippen molar-refractivity contribution in [2.75, 3.05) is 0 Å². The third-order valence-electron chi connectivity index (χ3n) is 1.83. The maximum absolute atomic E-state index is 12.6. The molecule has 1 aliphatic rings. The molecule has 0 heterocycles. The van der Waals surface area contributed by atoms with E-state index in [-0.39, 0.29) is 0 Å². The number of hydrogen-bond donors (Lipinski definition) is 0. The molecule has 51 valence electrons. The van der Waals surface area contributed by atoms with Crippen LogP contribution in [0, 0.1) is 5.92 Å². The van der Waals surface area contributed by atoms with Crippen LogP contribution in [0.5, 0.6) is 0 Å². The molecular weight excluding hydrogens is 119 g/mol. The quantitative estimate of drug-likeness (QED) is 0.525. The molecule has 1 rings (SSSR count). The van der Waals surface area contributed by atoms with E-state index in [4.69, 9.17) is 0 Å². The zero-order valence-electron chi connectivity index (χ0n) is 5.27. The highest BCUT2D eigenvalue weighted by Crippen LogP contribution is 2.24. The highest BCUT2D eigenvalue weighted by Gasteiger charge is 2.24. The van der Waals surface area contributed by atoms with E-state index in [1.807, 2.05) is 0 Å². The molecule has 1 saturated carbocycles. The highest BCUT2D eigenvalue weighted by atomic mass is 19.1. The Bertz CT molecular complexity index is 103. The van der Waals surface area contributed by atoms with E-state index in [1.54, 1.807) is 6.29 Å². The van der Waals surface area contributed by atoms with Crippen molar-refractivity contribution in [3.8, 4) is 0 Å². The average molecular weight is 129 g/mol. The molecule has 2 atom stereocenters. The molecule has 0 N–H and O–H groups in total. The molecule has 0 aliphatic heterocycles. The molecule has 0 aromatic carbocycles. The zero-order valence-corrected chi connectivity index (χ0v) is 5.27. The van der Waals surface area contributed by atoms with Gasteiger partial charge in [-0.15, -0.1) is 0 Å². The van der Waals surface area contributed by atoms with Gasteiger partial charge < -0.3 is 0 Å². The van der Waals surface area contributed by atoms with Crippen molar-refractivity contribution < 1.29 is 9.18 Å². The summed E-state index contributed by atoms with van der Waals surface area (Å²) in [6, 6.07) is 0. The second kappa shape index (κ2) is 2.95. The van der Waals surface area contributed by atoms with Crippen LogP contribution in [0.3, 0.4) is 0 Å². The molecule has 1 radical (unpaired) electrons. The summed E-state index contributed by atoms with van der Waals surface area (Å²) in [5.74, 6) is -0.418. The van der Waals surface area contributed by atoms with Crippen molar-refractivity contribution >= 4 is 6.29 Å². The Labute approximate surface area is 54.3 Å². The summed E-state index contributed by atoms with van der Waals surface area (Å²) >= 11 is 0. The molecule has 0 amide bonds. The monoisotopic (exact) mass is 129 g/mol. The number of hydrogen-bond acceptors (Lipinski definition) is 1. The summed E-state index contributed by atoms with van der Waals surface area (Å²) in [7, 11) is 0. The Hall–Kier alpha value is -0.400. The predicted octanol–water partition coefficient (Wildman–Crippen LogP) is 1.62. The van der Waals surface area contributed by atoms with Crippen LogP contribution in [-0.2, 0) is 4.79 Å². The second-order valence-electron chi connectivity index (χ2n) is 2.52. The minimum absolute atomic E-state index is 0.418. The summed E-state index contributed by atoms with van der Waals surface area (Å²) in [6.07, 6.45) is 3.99. The van der Waals surface area contributed by atoms with Gasteiger partial charge in [0.25, 0.3) is 0 Å². The molecular formula is C7H10FO. The molecule has 9 heavy (non-hydrogen) atoms. The third kappa shape index (κ3) is 1.50. The first-order chi connectivity index (χ1) is 4.34. The Morgan fingerprint density at radius 3 is 2.44 bits per heavy atom. The molecule has 2 heteroatoms. The summed E-state index contributed by atoms with van der Waals surface area (Å²) in [4.78, 5) is 10.0. The van der Waals surface area contributed by atoms with Gasteiger partial charge in [0, 0.05) is 0 Å². The minimum Gasteiger partial charge on any atom is -0.290 e. The van der Waals surface area contributed by atoms with Crippen LogP contribution in [0.2, 0.25) is 0 Å². The summed E-state index contributed by atoms with van der Waals surface area (Å²) in [5, 5.41) is 0. The van der Waals surface area contributed by atoms with Gasteiger partial charge in [-0.2, -0.15) is 0 Å². The Morgan fingerprint density at radius 1 is 1.33 bits per heavy atom. The van der Waals surface area contributed by atoms with Gasteiger partial charge in [0.2, 0.25) is 6.29 Å². The summed E-state index contributed by atoms with van der Waals surface area (Å²) in [5.41, 5.74) is 0. The third-order valence-corrected chi connectivity index (χ3v) is 1.83. The highest BCUT2D eigenvalue weighted by molar-refractivity contribution is 5.55. The van der Waals surface area contributed by atoms with Gasteiger partial charge in [0.15, 0.2) is 0 Å². The maximum Gasteiger partial charge on any atom is 0.204 e. The van der Waals surface area contributed by atoms with Gasteiger partial charge >= 0.3 is 0 Å². The van der Waals surface area contributed by atoms with Crippen molar-refractivity contribution in [2.45, 2.75) is 31.9 Å². The molecule has 0 bridgehead atoms. The van der Waals surface area contributed by atoms with Gasteiger partial charge in [0.05, 0.1) is 5.92 Å². The lowest BCUT2D eigenvalue weighted by Gasteiger charge is -2.19. The van der Waals surface area contributed by atoms with Crippen molar-refractivity contribution in [3.63, 3.8) is 0 Å². The molecule has 0 aromatic heterocycles. The van der Waals surface area contributed by atoms with Gasteiger partial charge in [-0.1, -0.05) is 12.8 Å². The van der Waals surface area contributed by atoms with E-state index in [1.165, 1.54) is 0 Å². The standard InChI is InChI=1S/C7H10FO/c8-7-4-2-1-3-6(7)5-9/h6-7H,1-4H2.